The van der Waals surface area contributed by atoms with Crippen LogP contribution in [0.15, 0.2) is 53.4 Å². The van der Waals surface area contributed by atoms with Gasteiger partial charge in [-0.1, -0.05) is 35.9 Å². The maximum atomic E-state index is 13.3. The van der Waals surface area contributed by atoms with E-state index >= 15 is 0 Å². The van der Waals surface area contributed by atoms with Gasteiger partial charge in [-0.2, -0.15) is 0 Å². The van der Waals surface area contributed by atoms with E-state index in [1.165, 1.54) is 0 Å². The van der Waals surface area contributed by atoms with Crippen LogP contribution < -0.4 is 0 Å². The van der Waals surface area contributed by atoms with Crippen LogP contribution in [0.5, 0.6) is 0 Å². The molecule has 3 aromatic rings. The number of hydrogen-bond acceptors (Lipinski definition) is 3. The van der Waals surface area contributed by atoms with Gasteiger partial charge < -0.3 is 4.90 Å². The van der Waals surface area contributed by atoms with Crippen LogP contribution in [-0.2, 0) is 23.0 Å². The van der Waals surface area contributed by atoms with E-state index in [0.29, 0.717) is 4.90 Å². The molecule has 0 saturated heterocycles. The number of aromatic nitrogens is 1. The van der Waals surface area contributed by atoms with Crippen LogP contribution in [0.2, 0.25) is 0 Å². The first-order valence-electron chi connectivity index (χ1n) is 8.10. The lowest BCUT2D eigenvalue weighted by Gasteiger charge is -2.24. The number of fused-ring (bicyclic) bond motifs is 3. The van der Waals surface area contributed by atoms with Crippen LogP contribution in [0.1, 0.15) is 16.8 Å². The molecular weight excluding hydrogens is 320 g/mol. The van der Waals surface area contributed by atoms with Gasteiger partial charge in [-0.05, 0) is 37.7 Å². The van der Waals surface area contributed by atoms with E-state index in [4.69, 9.17) is 0 Å². The van der Waals surface area contributed by atoms with Crippen LogP contribution in [0.4, 0.5) is 0 Å². The molecule has 0 N–H and O–H groups in total. The second-order valence-corrected chi connectivity index (χ2v) is 8.30. The third-order valence-electron chi connectivity index (χ3n) is 4.76. The van der Waals surface area contributed by atoms with Crippen LogP contribution >= 0.6 is 0 Å². The summed E-state index contributed by atoms with van der Waals surface area (Å²) in [5.41, 5.74) is 3.89. The van der Waals surface area contributed by atoms with Gasteiger partial charge in [0.15, 0.2) is 0 Å². The van der Waals surface area contributed by atoms with Crippen molar-refractivity contribution < 1.29 is 8.42 Å². The molecule has 0 bridgehead atoms. The molecule has 5 heteroatoms. The number of hydrogen-bond donors (Lipinski definition) is 0. The molecule has 24 heavy (non-hydrogen) atoms. The Morgan fingerprint density at radius 1 is 1.00 bits per heavy atom. The van der Waals surface area contributed by atoms with Crippen LogP contribution in [0.25, 0.3) is 10.9 Å². The standard InChI is InChI=1S/C19H20N2O2S/c1-14-7-9-15(10-8-14)24(22,23)21-18-6-4-3-5-16(18)17-13-20(2)12-11-19(17)21/h3-10H,11-13H2,1-2H3. The van der Waals surface area contributed by atoms with E-state index < -0.39 is 10.0 Å². The highest BCUT2D eigenvalue weighted by Crippen LogP contribution is 2.33. The largest absolute Gasteiger partial charge is 0.302 e. The second kappa shape index (κ2) is 5.46. The Kier molecular flexibility index (Phi) is 3.51. The molecule has 0 amide bonds. The normalized spacial score (nSPS) is 15.6. The summed E-state index contributed by atoms with van der Waals surface area (Å²) < 4.78 is 28.2. The molecule has 0 atom stereocenters. The van der Waals surface area contributed by atoms with E-state index in [2.05, 4.69) is 11.9 Å². The van der Waals surface area contributed by atoms with Crippen molar-refractivity contribution in [2.75, 3.05) is 13.6 Å². The van der Waals surface area contributed by atoms with E-state index in [9.17, 15) is 8.42 Å². The molecule has 0 unspecified atom stereocenters. The Morgan fingerprint density at radius 2 is 1.71 bits per heavy atom. The molecule has 0 saturated carbocycles. The van der Waals surface area contributed by atoms with E-state index in [-0.39, 0.29) is 0 Å². The topological polar surface area (TPSA) is 42.3 Å². The Bertz CT molecular complexity index is 1020. The van der Waals surface area contributed by atoms with Crippen molar-refractivity contribution in [3.8, 4) is 0 Å². The fourth-order valence-corrected chi connectivity index (χ4v) is 5.09. The molecule has 124 valence electrons. The van der Waals surface area contributed by atoms with Crippen molar-refractivity contribution in [3.63, 3.8) is 0 Å². The molecule has 0 radical (unpaired) electrons. The van der Waals surface area contributed by atoms with Crippen LogP contribution in [-0.4, -0.2) is 30.9 Å². The highest BCUT2D eigenvalue weighted by Gasteiger charge is 2.29. The van der Waals surface area contributed by atoms with Gasteiger partial charge in [-0.15, -0.1) is 0 Å². The molecule has 1 aromatic heterocycles. The van der Waals surface area contributed by atoms with E-state index in [1.807, 2.05) is 43.3 Å². The minimum atomic E-state index is -3.60. The van der Waals surface area contributed by atoms with Gasteiger partial charge in [-0.3, -0.25) is 0 Å². The smallest absolute Gasteiger partial charge is 0.268 e. The molecule has 0 aliphatic carbocycles. The fraction of sp³-hybridized carbons (Fsp3) is 0.263. The van der Waals surface area contributed by atoms with Gasteiger partial charge in [0.25, 0.3) is 10.0 Å². The quantitative estimate of drug-likeness (QED) is 0.719. The van der Waals surface area contributed by atoms with Crippen molar-refractivity contribution in [1.29, 1.82) is 0 Å². The summed E-state index contributed by atoms with van der Waals surface area (Å²) >= 11 is 0. The summed E-state index contributed by atoms with van der Waals surface area (Å²) in [4.78, 5) is 2.58. The first kappa shape index (κ1) is 15.4. The first-order valence-corrected chi connectivity index (χ1v) is 9.54. The molecule has 2 aromatic carbocycles. The van der Waals surface area contributed by atoms with Gasteiger partial charge in [0, 0.05) is 30.6 Å². The third kappa shape index (κ3) is 2.27. The van der Waals surface area contributed by atoms with Gasteiger partial charge in [0.05, 0.1) is 10.4 Å². The van der Waals surface area contributed by atoms with Crippen LogP contribution in [0.3, 0.4) is 0 Å². The van der Waals surface area contributed by atoms with Gasteiger partial charge >= 0.3 is 0 Å². The maximum absolute atomic E-state index is 13.3. The van der Waals surface area contributed by atoms with E-state index in [1.54, 1.807) is 16.1 Å². The monoisotopic (exact) mass is 340 g/mol. The average Bonchev–Trinajstić information content (AvgIpc) is 2.90. The highest BCUT2D eigenvalue weighted by atomic mass is 32.2. The zero-order valence-electron chi connectivity index (χ0n) is 13.9. The number of benzene rings is 2. The molecular formula is C19H20N2O2S. The summed E-state index contributed by atoms with van der Waals surface area (Å²) in [5.74, 6) is 0. The maximum Gasteiger partial charge on any atom is 0.268 e. The molecule has 1 aliphatic rings. The zero-order chi connectivity index (χ0) is 16.9. The number of para-hydroxylation sites is 1. The number of rotatable bonds is 2. The van der Waals surface area contributed by atoms with Crippen molar-refractivity contribution in [3.05, 3.63) is 65.4 Å². The number of aryl methyl sites for hydroxylation is 1. The summed E-state index contributed by atoms with van der Waals surface area (Å²) in [6, 6.07) is 14.9. The average molecular weight is 340 g/mol. The van der Waals surface area contributed by atoms with Gasteiger partial charge in [0.2, 0.25) is 0 Å². The molecule has 4 rings (SSSR count). The molecule has 1 aliphatic heterocycles. The molecule has 4 nitrogen and oxygen atoms in total. The van der Waals surface area contributed by atoms with Crippen molar-refractivity contribution >= 4 is 20.9 Å². The predicted octanol–water partition coefficient (Wildman–Crippen LogP) is 3.17. The molecule has 2 heterocycles. The van der Waals surface area contributed by atoms with Crippen LogP contribution in [0, 0.1) is 6.92 Å². The van der Waals surface area contributed by atoms with Gasteiger partial charge in [-0.25, -0.2) is 12.4 Å². The summed E-state index contributed by atoms with van der Waals surface area (Å²) in [6.07, 6.45) is 0.742. The molecule has 0 spiro atoms. The zero-order valence-corrected chi connectivity index (χ0v) is 14.7. The van der Waals surface area contributed by atoms with Crippen molar-refractivity contribution in [1.82, 2.24) is 8.87 Å². The SMILES string of the molecule is Cc1ccc(S(=O)(=O)n2c3c(c4ccccc42)CN(C)CC3)cc1. The van der Waals surface area contributed by atoms with Crippen molar-refractivity contribution in [2.24, 2.45) is 0 Å². The highest BCUT2D eigenvalue weighted by molar-refractivity contribution is 7.90. The summed E-state index contributed by atoms with van der Waals surface area (Å²) in [7, 11) is -1.53. The van der Waals surface area contributed by atoms with E-state index in [0.717, 1.165) is 47.2 Å². The summed E-state index contributed by atoms with van der Waals surface area (Å²) in [6.45, 7) is 3.61. The Hall–Kier alpha value is -2.11. The second-order valence-electron chi connectivity index (χ2n) is 6.51. The van der Waals surface area contributed by atoms with Crippen molar-refractivity contribution in [2.45, 2.75) is 24.8 Å². The summed E-state index contributed by atoms with van der Waals surface area (Å²) in [5, 5.41) is 1.04. The Morgan fingerprint density at radius 3 is 2.46 bits per heavy atom. The minimum absolute atomic E-state index is 0.343. The Labute approximate surface area is 142 Å². The lowest BCUT2D eigenvalue weighted by molar-refractivity contribution is 0.312. The predicted molar refractivity (Wildman–Crippen MR) is 95.7 cm³/mol. The fourth-order valence-electron chi connectivity index (χ4n) is 3.49. The third-order valence-corrected chi connectivity index (χ3v) is 6.52. The first-order chi connectivity index (χ1) is 11.5. The number of nitrogens with zero attached hydrogens (tertiary/aromatic N) is 2. The Balaban J connectivity index is 2.02. The number of likely N-dealkylation sites (N-methyl/N-ethyl adjacent to an activating group) is 1. The lowest BCUT2D eigenvalue weighted by Crippen LogP contribution is -2.28. The van der Waals surface area contributed by atoms with Gasteiger partial charge in [0.1, 0.15) is 0 Å². The minimum Gasteiger partial charge on any atom is -0.302 e. The molecule has 0 fully saturated rings. The lowest BCUT2D eigenvalue weighted by atomic mass is 10.1.